The number of nitrogens with one attached hydrogen (secondary N) is 1. The van der Waals surface area contributed by atoms with Gasteiger partial charge in [0.2, 0.25) is 0 Å². The summed E-state index contributed by atoms with van der Waals surface area (Å²) in [5, 5.41) is 3.44. The van der Waals surface area contributed by atoms with Gasteiger partial charge in [0, 0.05) is 36.6 Å². The highest BCUT2D eigenvalue weighted by Gasteiger charge is 2.03. The van der Waals surface area contributed by atoms with E-state index in [0.29, 0.717) is 0 Å². The molecule has 21 heavy (non-hydrogen) atoms. The van der Waals surface area contributed by atoms with Crippen molar-refractivity contribution in [2.45, 2.75) is 20.4 Å². The van der Waals surface area contributed by atoms with Crippen LogP contribution in [0.2, 0.25) is 0 Å². The minimum Gasteiger partial charge on any atom is -0.496 e. The molecule has 0 saturated heterocycles. The SMILES string of the molecule is CCN(CC)c1ccc(NCc2ccccc2OC)cc1. The maximum absolute atomic E-state index is 5.37. The molecule has 0 bridgehead atoms. The Bertz CT molecular complexity index is 547. The van der Waals surface area contributed by atoms with Gasteiger partial charge in [-0.3, -0.25) is 0 Å². The van der Waals surface area contributed by atoms with E-state index in [1.165, 1.54) is 5.69 Å². The van der Waals surface area contributed by atoms with E-state index in [2.05, 4.69) is 54.4 Å². The number of benzene rings is 2. The summed E-state index contributed by atoms with van der Waals surface area (Å²) in [5.41, 5.74) is 3.55. The lowest BCUT2D eigenvalue weighted by Gasteiger charge is -2.21. The third-order valence-corrected chi connectivity index (χ3v) is 3.67. The van der Waals surface area contributed by atoms with Gasteiger partial charge < -0.3 is 15.0 Å². The standard InChI is InChI=1S/C18H24N2O/c1-4-20(5-2)17-12-10-16(11-13-17)19-14-15-8-6-7-9-18(15)21-3/h6-13,19H,4-5,14H2,1-3H3. The van der Waals surface area contributed by atoms with Gasteiger partial charge in [-0.2, -0.15) is 0 Å². The van der Waals surface area contributed by atoms with Gasteiger partial charge in [-0.1, -0.05) is 18.2 Å². The van der Waals surface area contributed by atoms with Crippen molar-refractivity contribution in [3.63, 3.8) is 0 Å². The summed E-state index contributed by atoms with van der Waals surface area (Å²) < 4.78 is 5.37. The van der Waals surface area contributed by atoms with Gasteiger partial charge in [-0.15, -0.1) is 0 Å². The molecule has 0 atom stereocenters. The molecule has 0 aromatic heterocycles. The van der Waals surface area contributed by atoms with E-state index in [0.717, 1.165) is 36.6 Å². The summed E-state index contributed by atoms with van der Waals surface area (Å²) in [6.07, 6.45) is 0. The molecule has 0 aliphatic rings. The third-order valence-electron chi connectivity index (χ3n) is 3.67. The number of anilines is 2. The quantitative estimate of drug-likeness (QED) is 0.826. The van der Waals surface area contributed by atoms with Gasteiger partial charge in [-0.25, -0.2) is 0 Å². The van der Waals surface area contributed by atoms with Gasteiger partial charge >= 0.3 is 0 Å². The van der Waals surface area contributed by atoms with Crippen molar-refractivity contribution in [1.29, 1.82) is 0 Å². The van der Waals surface area contributed by atoms with Gasteiger partial charge in [-0.05, 0) is 44.2 Å². The van der Waals surface area contributed by atoms with Crippen LogP contribution in [-0.2, 0) is 6.54 Å². The molecule has 0 heterocycles. The molecule has 0 radical (unpaired) electrons. The Morgan fingerprint density at radius 3 is 2.24 bits per heavy atom. The van der Waals surface area contributed by atoms with Crippen molar-refractivity contribution in [3.8, 4) is 5.75 Å². The minimum absolute atomic E-state index is 0.759. The monoisotopic (exact) mass is 284 g/mol. The molecular weight excluding hydrogens is 260 g/mol. The average molecular weight is 284 g/mol. The van der Waals surface area contributed by atoms with E-state index in [4.69, 9.17) is 4.74 Å². The number of methoxy groups -OCH3 is 1. The van der Waals surface area contributed by atoms with Crippen LogP contribution in [0.5, 0.6) is 5.75 Å². The highest BCUT2D eigenvalue weighted by atomic mass is 16.5. The minimum atomic E-state index is 0.759. The van der Waals surface area contributed by atoms with Crippen molar-refractivity contribution in [2.75, 3.05) is 30.4 Å². The number of nitrogens with zero attached hydrogens (tertiary/aromatic N) is 1. The Balaban J connectivity index is 2.00. The maximum Gasteiger partial charge on any atom is 0.123 e. The summed E-state index contributed by atoms with van der Waals surface area (Å²) in [6.45, 7) is 7.18. The highest BCUT2D eigenvalue weighted by Crippen LogP contribution is 2.21. The summed E-state index contributed by atoms with van der Waals surface area (Å²) in [6, 6.07) is 16.7. The van der Waals surface area contributed by atoms with E-state index in [-0.39, 0.29) is 0 Å². The van der Waals surface area contributed by atoms with E-state index in [9.17, 15) is 0 Å². The molecule has 0 aliphatic heterocycles. The third kappa shape index (κ3) is 3.91. The average Bonchev–Trinajstić information content (AvgIpc) is 2.55. The van der Waals surface area contributed by atoms with Crippen LogP contribution in [0.4, 0.5) is 11.4 Å². The Hall–Kier alpha value is -2.16. The first kappa shape index (κ1) is 15.2. The largest absolute Gasteiger partial charge is 0.496 e. The second kappa shape index (κ2) is 7.58. The molecule has 2 aromatic rings. The van der Waals surface area contributed by atoms with E-state index in [1.54, 1.807) is 7.11 Å². The molecule has 0 unspecified atom stereocenters. The Morgan fingerprint density at radius 2 is 1.62 bits per heavy atom. The zero-order valence-corrected chi connectivity index (χ0v) is 13.1. The molecule has 0 spiro atoms. The molecule has 112 valence electrons. The van der Waals surface area contributed by atoms with Crippen LogP contribution in [0.15, 0.2) is 48.5 Å². The van der Waals surface area contributed by atoms with Gasteiger partial charge in [0.1, 0.15) is 5.75 Å². The van der Waals surface area contributed by atoms with Crippen LogP contribution in [-0.4, -0.2) is 20.2 Å². The van der Waals surface area contributed by atoms with E-state index >= 15 is 0 Å². The second-order valence-corrected chi connectivity index (χ2v) is 4.88. The molecule has 2 aromatic carbocycles. The first-order chi connectivity index (χ1) is 10.3. The van der Waals surface area contributed by atoms with Crippen LogP contribution >= 0.6 is 0 Å². The first-order valence-corrected chi connectivity index (χ1v) is 7.49. The highest BCUT2D eigenvalue weighted by molar-refractivity contribution is 5.55. The molecule has 3 heteroatoms. The lowest BCUT2D eigenvalue weighted by Crippen LogP contribution is -2.21. The van der Waals surface area contributed by atoms with Gasteiger partial charge in [0.15, 0.2) is 0 Å². The Labute approximate surface area is 127 Å². The fraction of sp³-hybridized carbons (Fsp3) is 0.333. The van der Waals surface area contributed by atoms with Crippen LogP contribution in [0.3, 0.4) is 0 Å². The molecule has 3 nitrogen and oxygen atoms in total. The molecule has 1 N–H and O–H groups in total. The Kier molecular flexibility index (Phi) is 5.50. The number of hydrogen-bond donors (Lipinski definition) is 1. The number of ether oxygens (including phenoxy) is 1. The smallest absolute Gasteiger partial charge is 0.123 e. The molecule has 0 fully saturated rings. The molecule has 0 saturated carbocycles. The van der Waals surface area contributed by atoms with Crippen molar-refractivity contribution >= 4 is 11.4 Å². The number of rotatable bonds is 7. The Morgan fingerprint density at radius 1 is 0.952 bits per heavy atom. The summed E-state index contributed by atoms with van der Waals surface area (Å²) >= 11 is 0. The number of hydrogen-bond acceptors (Lipinski definition) is 3. The lowest BCUT2D eigenvalue weighted by atomic mass is 10.2. The molecule has 0 amide bonds. The summed E-state index contributed by atoms with van der Waals surface area (Å²) in [5.74, 6) is 0.921. The van der Waals surface area contributed by atoms with Gasteiger partial charge in [0.25, 0.3) is 0 Å². The van der Waals surface area contributed by atoms with Crippen molar-refractivity contribution in [1.82, 2.24) is 0 Å². The van der Waals surface area contributed by atoms with Crippen LogP contribution in [0.25, 0.3) is 0 Å². The fourth-order valence-corrected chi connectivity index (χ4v) is 2.43. The van der Waals surface area contributed by atoms with Crippen LogP contribution < -0.4 is 15.0 Å². The number of para-hydroxylation sites is 1. The predicted molar refractivity (Wildman–Crippen MR) is 90.3 cm³/mol. The predicted octanol–water partition coefficient (Wildman–Crippen LogP) is 4.15. The lowest BCUT2D eigenvalue weighted by molar-refractivity contribution is 0.410. The second-order valence-electron chi connectivity index (χ2n) is 4.88. The van der Waals surface area contributed by atoms with E-state index in [1.807, 2.05) is 18.2 Å². The summed E-state index contributed by atoms with van der Waals surface area (Å²) in [4.78, 5) is 2.34. The van der Waals surface area contributed by atoms with E-state index < -0.39 is 0 Å². The zero-order valence-electron chi connectivity index (χ0n) is 13.1. The van der Waals surface area contributed by atoms with Crippen LogP contribution in [0, 0.1) is 0 Å². The van der Waals surface area contributed by atoms with Crippen LogP contribution in [0.1, 0.15) is 19.4 Å². The topological polar surface area (TPSA) is 24.5 Å². The van der Waals surface area contributed by atoms with Crippen molar-refractivity contribution in [3.05, 3.63) is 54.1 Å². The van der Waals surface area contributed by atoms with Crippen molar-refractivity contribution < 1.29 is 4.74 Å². The molecular formula is C18H24N2O. The maximum atomic E-state index is 5.37. The normalized spacial score (nSPS) is 10.2. The molecule has 0 aliphatic carbocycles. The molecule has 2 rings (SSSR count). The van der Waals surface area contributed by atoms with Crippen molar-refractivity contribution in [2.24, 2.45) is 0 Å². The fourth-order valence-electron chi connectivity index (χ4n) is 2.43. The zero-order chi connectivity index (χ0) is 15.1. The van der Waals surface area contributed by atoms with Gasteiger partial charge in [0.05, 0.1) is 7.11 Å². The summed E-state index contributed by atoms with van der Waals surface area (Å²) in [7, 11) is 1.71. The first-order valence-electron chi connectivity index (χ1n) is 7.49.